The van der Waals surface area contributed by atoms with E-state index in [4.69, 9.17) is 9.47 Å². The summed E-state index contributed by atoms with van der Waals surface area (Å²) in [4.78, 5) is 41.3. The minimum absolute atomic E-state index is 0.0291. The zero-order valence-electron chi connectivity index (χ0n) is 21.4. The Hall–Kier alpha value is -4.24. The molecule has 0 aromatic heterocycles. The number of anilines is 1. The number of nitrogens with one attached hydrogen (secondary N) is 2. The van der Waals surface area contributed by atoms with Crippen molar-refractivity contribution < 1.29 is 28.2 Å². The smallest absolute Gasteiger partial charge is 0.325 e. The molecule has 1 unspecified atom stereocenters. The summed E-state index contributed by atoms with van der Waals surface area (Å²) in [5.74, 6) is -1.83. The number of nitrogens with zero attached hydrogens (tertiary/aromatic N) is 1. The summed E-state index contributed by atoms with van der Waals surface area (Å²) in [6.07, 6.45) is 0. The third kappa shape index (κ3) is 5.84. The van der Waals surface area contributed by atoms with E-state index < -0.39 is 41.7 Å². The molecule has 1 saturated heterocycles. The summed E-state index contributed by atoms with van der Waals surface area (Å²) in [5.41, 5.74) is 1.96. The number of benzene rings is 3. The van der Waals surface area contributed by atoms with Crippen molar-refractivity contribution >= 4 is 23.5 Å². The van der Waals surface area contributed by atoms with Crippen LogP contribution in [0.25, 0.3) is 0 Å². The van der Waals surface area contributed by atoms with E-state index in [0.717, 1.165) is 10.5 Å². The van der Waals surface area contributed by atoms with Crippen LogP contribution in [0.5, 0.6) is 5.75 Å². The number of methoxy groups -OCH3 is 1. The van der Waals surface area contributed by atoms with Crippen LogP contribution in [0.2, 0.25) is 0 Å². The first-order valence-corrected chi connectivity index (χ1v) is 12.3. The van der Waals surface area contributed by atoms with Gasteiger partial charge in [0.25, 0.3) is 5.91 Å². The normalized spacial score (nSPS) is 16.6. The van der Waals surface area contributed by atoms with Crippen LogP contribution in [0.1, 0.15) is 35.6 Å². The van der Waals surface area contributed by atoms with Crippen molar-refractivity contribution in [3.63, 3.8) is 0 Å². The first-order valence-electron chi connectivity index (χ1n) is 12.3. The van der Waals surface area contributed by atoms with Crippen LogP contribution in [0.3, 0.4) is 0 Å². The van der Waals surface area contributed by atoms with Crippen molar-refractivity contribution in [1.82, 2.24) is 10.2 Å². The second kappa shape index (κ2) is 11.9. The van der Waals surface area contributed by atoms with E-state index >= 15 is 0 Å². The number of amides is 4. The molecule has 3 atom stereocenters. The topological polar surface area (TPSA) is 97.0 Å². The van der Waals surface area contributed by atoms with Crippen molar-refractivity contribution in [2.75, 3.05) is 25.6 Å². The van der Waals surface area contributed by atoms with Crippen LogP contribution in [0.15, 0.2) is 72.8 Å². The van der Waals surface area contributed by atoms with Crippen LogP contribution in [-0.2, 0) is 14.3 Å². The number of ether oxygens (including phenoxy) is 2. The molecule has 4 amide bonds. The Labute approximate surface area is 220 Å². The molecule has 1 aliphatic rings. The third-order valence-corrected chi connectivity index (χ3v) is 6.47. The van der Waals surface area contributed by atoms with Crippen molar-refractivity contribution in [2.45, 2.75) is 31.8 Å². The lowest BCUT2D eigenvalue weighted by atomic mass is 9.91. The van der Waals surface area contributed by atoms with E-state index in [9.17, 15) is 18.8 Å². The predicted molar refractivity (Wildman–Crippen MR) is 140 cm³/mol. The molecular weight excluding hydrogens is 489 g/mol. The average Bonchev–Trinajstić information content (AvgIpc) is 3.20. The Morgan fingerprint density at radius 2 is 1.76 bits per heavy atom. The fourth-order valence-electron chi connectivity index (χ4n) is 4.42. The van der Waals surface area contributed by atoms with Crippen LogP contribution in [0, 0.1) is 12.7 Å². The summed E-state index contributed by atoms with van der Waals surface area (Å²) in [6.45, 7) is 4.30. The standard InChI is InChI=1S/C29H30FN3O5/c1-18-9-14-24(23(30)17-18)31-27(34)26(19(2)20-7-5-4-6-8-20)33-28(35)25(32-29(33)36)21-10-12-22(13-11-21)38-16-15-37-3/h4-14,17,19,25-26H,15-16H2,1-3H3,(H,31,34)(H,32,36)/t19-,25?,26-/m0/s1. The maximum absolute atomic E-state index is 14.6. The Balaban J connectivity index is 1.62. The number of hydrogen-bond acceptors (Lipinski definition) is 5. The van der Waals surface area contributed by atoms with E-state index in [1.54, 1.807) is 51.3 Å². The van der Waals surface area contributed by atoms with Crippen molar-refractivity contribution in [2.24, 2.45) is 0 Å². The van der Waals surface area contributed by atoms with Gasteiger partial charge in [0.15, 0.2) is 0 Å². The molecule has 4 rings (SSSR count). The van der Waals surface area contributed by atoms with Gasteiger partial charge in [-0.15, -0.1) is 0 Å². The molecule has 0 spiro atoms. The monoisotopic (exact) mass is 519 g/mol. The quantitative estimate of drug-likeness (QED) is 0.302. The number of halogens is 1. The fourth-order valence-corrected chi connectivity index (χ4v) is 4.42. The second-order valence-corrected chi connectivity index (χ2v) is 9.12. The summed E-state index contributed by atoms with van der Waals surface area (Å²) in [6, 6.07) is 17.4. The first-order chi connectivity index (χ1) is 18.3. The minimum atomic E-state index is -1.23. The highest BCUT2D eigenvalue weighted by molar-refractivity contribution is 6.10. The van der Waals surface area contributed by atoms with Crippen molar-refractivity contribution in [3.8, 4) is 5.75 Å². The number of imide groups is 1. The van der Waals surface area contributed by atoms with Gasteiger partial charge in [0, 0.05) is 13.0 Å². The summed E-state index contributed by atoms with van der Waals surface area (Å²) in [7, 11) is 1.58. The van der Waals surface area contributed by atoms with Gasteiger partial charge < -0.3 is 20.1 Å². The largest absolute Gasteiger partial charge is 0.491 e. The zero-order chi connectivity index (χ0) is 27.2. The van der Waals surface area contributed by atoms with Gasteiger partial charge in [-0.1, -0.05) is 55.5 Å². The van der Waals surface area contributed by atoms with Crippen LogP contribution < -0.4 is 15.4 Å². The highest BCUT2D eigenvalue weighted by atomic mass is 19.1. The molecule has 1 fully saturated rings. The molecule has 0 bridgehead atoms. The van der Waals surface area contributed by atoms with E-state index in [1.807, 2.05) is 30.3 Å². The third-order valence-electron chi connectivity index (χ3n) is 6.47. The van der Waals surface area contributed by atoms with Gasteiger partial charge in [-0.25, -0.2) is 14.1 Å². The molecule has 1 aliphatic heterocycles. The maximum atomic E-state index is 14.6. The molecule has 0 radical (unpaired) electrons. The lowest BCUT2D eigenvalue weighted by molar-refractivity contribution is -0.134. The molecule has 1 heterocycles. The Morgan fingerprint density at radius 1 is 1.05 bits per heavy atom. The van der Waals surface area contributed by atoms with E-state index in [1.165, 1.54) is 12.1 Å². The number of carbonyl (C=O) groups excluding carboxylic acids is 3. The average molecular weight is 520 g/mol. The molecule has 2 N–H and O–H groups in total. The second-order valence-electron chi connectivity index (χ2n) is 9.12. The van der Waals surface area contributed by atoms with E-state index in [-0.39, 0.29) is 5.69 Å². The van der Waals surface area contributed by atoms with Gasteiger partial charge in [-0.2, -0.15) is 0 Å². The van der Waals surface area contributed by atoms with Gasteiger partial charge in [0.1, 0.15) is 30.3 Å². The van der Waals surface area contributed by atoms with E-state index in [0.29, 0.717) is 30.1 Å². The molecule has 3 aromatic carbocycles. The Bertz CT molecular complexity index is 1300. The number of aryl methyl sites for hydroxylation is 1. The Kier molecular flexibility index (Phi) is 8.38. The molecule has 0 saturated carbocycles. The van der Waals surface area contributed by atoms with Gasteiger partial charge in [-0.3, -0.25) is 9.59 Å². The predicted octanol–water partition coefficient (Wildman–Crippen LogP) is 4.56. The van der Waals surface area contributed by atoms with Crippen LogP contribution >= 0.6 is 0 Å². The highest BCUT2D eigenvalue weighted by Crippen LogP contribution is 2.32. The number of hydrogen-bond donors (Lipinski definition) is 2. The van der Waals surface area contributed by atoms with Crippen molar-refractivity contribution in [1.29, 1.82) is 0 Å². The number of urea groups is 1. The summed E-state index contributed by atoms with van der Waals surface area (Å²) in [5, 5.41) is 5.27. The maximum Gasteiger partial charge on any atom is 0.325 e. The van der Waals surface area contributed by atoms with Gasteiger partial charge in [0.2, 0.25) is 5.91 Å². The van der Waals surface area contributed by atoms with Crippen LogP contribution in [-0.4, -0.2) is 49.1 Å². The minimum Gasteiger partial charge on any atom is -0.491 e. The van der Waals surface area contributed by atoms with Gasteiger partial charge >= 0.3 is 6.03 Å². The van der Waals surface area contributed by atoms with E-state index in [2.05, 4.69) is 10.6 Å². The van der Waals surface area contributed by atoms with Crippen molar-refractivity contribution in [3.05, 3.63) is 95.3 Å². The lowest BCUT2D eigenvalue weighted by Crippen LogP contribution is -2.50. The number of rotatable bonds is 10. The Morgan fingerprint density at radius 3 is 2.42 bits per heavy atom. The zero-order valence-corrected chi connectivity index (χ0v) is 21.4. The number of carbonyl (C=O) groups is 3. The molecule has 3 aromatic rings. The molecule has 38 heavy (non-hydrogen) atoms. The molecule has 9 heteroatoms. The molecular formula is C29H30FN3O5. The molecule has 198 valence electrons. The molecule has 0 aliphatic carbocycles. The summed E-state index contributed by atoms with van der Waals surface area (Å²) < 4.78 is 25.1. The lowest BCUT2D eigenvalue weighted by Gasteiger charge is -2.30. The van der Waals surface area contributed by atoms with Crippen LogP contribution in [0.4, 0.5) is 14.9 Å². The first kappa shape index (κ1) is 26.8. The van der Waals surface area contributed by atoms with Gasteiger partial charge in [0.05, 0.1) is 12.3 Å². The molecule has 8 nitrogen and oxygen atoms in total. The highest BCUT2D eigenvalue weighted by Gasteiger charge is 2.47. The summed E-state index contributed by atoms with van der Waals surface area (Å²) >= 11 is 0. The SMILES string of the molecule is COCCOc1ccc(C2NC(=O)N([C@H](C(=O)Nc3ccc(C)cc3F)[C@@H](C)c3ccccc3)C2=O)cc1. The fraction of sp³-hybridized carbons (Fsp3) is 0.276. The van der Waals surface area contributed by atoms with Gasteiger partial charge in [-0.05, 0) is 47.9 Å².